The summed E-state index contributed by atoms with van der Waals surface area (Å²) in [6, 6.07) is 6.06. The molecule has 1 aromatic carbocycles. The first-order chi connectivity index (χ1) is 13.6. The maximum atomic E-state index is 13.3. The standard InChI is InChI=1S/C16H13FN8OS2/c1-8(14(26)23-13-11-12(19-6-18-11)20-7-21-13)27-16-25-24-15(28-16)22-10-4-2-3-9(17)5-10/h2-8H,1H3,(H,22,24)(H2,18,19,20,21,23,26). The number of carbonyl (C=O) groups is 1. The molecule has 0 saturated heterocycles. The summed E-state index contributed by atoms with van der Waals surface area (Å²) < 4.78 is 13.9. The molecule has 0 aliphatic heterocycles. The van der Waals surface area contributed by atoms with Crippen LogP contribution in [0, 0.1) is 5.82 Å². The molecule has 0 fully saturated rings. The number of amides is 1. The number of thioether (sulfide) groups is 1. The Bertz CT molecular complexity index is 1130. The van der Waals surface area contributed by atoms with E-state index in [1.807, 2.05) is 0 Å². The number of H-pyrrole nitrogens is 1. The van der Waals surface area contributed by atoms with Crippen LogP contribution in [0.2, 0.25) is 0 Å². The molecule has 4 aromatic rings. The van der Waals surface area contributed by atoms with E-state index in [-0.39, 0.29) is 11.7 Å². The van der Waals surface area contributed by atoms with Crippen molar-refractivity contribution in [2.75, 3.05) is 10.6 Å². The summed E-state index contributed by atoms with van der Waals surface area (Å²) in [5, 5.41) is 13.9. The first-order valence-corrected chi connectivity index (χ1v) is 9.76. The molecule has 3 N–H and O–H groups in total. The van der Waals surface area contributed by atoms with Gasteiger partial charge in [0.15, 0.2) is 15.8 Å². The maximum Gasteiger partial charge on any atom is 0.238 e. The molecule has 142 valence electrons. The Labute approximate surface area is 166 Å². The van der Waals surface area contributed by atoms with E-state index in [0.717, 1.165) is 0 Å². The molecule has 28 heavy (non-hydrogen) atoms. The van der Waals surface area contributed by atoms with E-state index in [0.29, 0.717) is 32.1 Å². The minimum atomic E-state index is -0.442. The third-order valence-electron chi connectivity index (χ3n) is 3.59. The number of imidazole rings is 1. The van der Waals surface area contributed by atoms with E-state index in [1.165, 1.54) is 47.9 Å². The van der Waals surface area contributed by atoms with Crippen molar-refractivity contribution in [3.8, 4) is 0 Å². The largest absolute Gasteiger partial charge is 0.340 e. The van der Waals surface area contributed by atoms with Crippen molar-refractivity contribution in [3.05, 3.63) is 42.7 Å². The van der Waals surface area contributed by atoms with Crippen molar-refractivity contribution < 1.29 is 9.18 Å². The minimum Gasteiger partial charge on any atom is -0.340 e. The lowest BCUT2D eigenvalue weighted by Crippen LogP contribution is -2.23. The van der Waals surface area contributed by atoms with Crippen LogP contribution >= 0.6 is 23.1 Å². The topological polar surface area (TPSA) is 121 Å². The number of anilines is 3. The van der Waals surface area contributed by atoms with Crippen LogP contribution in [0.4, 0.5) is 21.0 Å². The maximum absolute atomic E-state index is 13.3. The molecule has 0 saturated carbocycles. The number of halogens is 1. The fourth-order valence-corrected chi connectivity index (χ4v) is 4.20. The van der Waals surface area contributed by atoms with Crippen molar-refractivity contribution in [2.24, 2.45) is 0 Å². The van der Waals surface area contributed by atoms with E-state index in [2.05, 4.69) is 40.8 Å². The third kappa shape index (κ3) is 4.07. The molecule has 4 rings (SSSR count). The number of fused-ring (bicyclic) bond motifs is 1. The lowest BCUT2D eigenvalue weighted by Gasteiger charge is -2.09. The van der Waals surface area contributed by atoms with Gasteiger partial charge in [-0.3, -0.25) is 4.79 Å². The summed E-state index contributed by atoms with van der Waals surface area (Å²) in [5.74, 6) is -0.217. The minimum absolute atomic E-state index is 0.241. The smallest absolute Gasteiger partial charge is 0.238 e. The van der Waals surface area contributed by atoms with E-state index < -0.39 is 5.25 Å². The van der Waals surface area contributed by atoms with Gasteiger partial charge in [-0.05, 0) is 25.1 Å². The predicted octanol–water partition coefficient (Wildman–Crippen LogP) is 3.21. The number of hydrogen-bond acceptors (Lipinski definition) is 9. The van der Waals surface area contributed by atoms with E-state index in [9.17, 15) is 9.18 Å². The number of nitrogens with zero attached hydrogens (tertiary/aromatic N) is 5. The fraction of sp³-hybridized carbons (Fsp3) is 0.125. The van der Waals surface area contributed by atoms with Gasteiger partial charge in [0.25, 0.3) is 0 Å². The van der Waals surface area contributed by atoms with Crippen molar-refractivity contribution >= 4 is 56.8 Å². The zero-order chi connectivity index (χ0) is 19.5. The fourth-order valence-electron chi connectivity index (χ4n) is 2.28. The highest BCUT2D eigenvalue weighted by atomic mass is 32.2. The number of hydrogen-bond donors (Lipinski definition) is 3. The molecule has 9 nitrogen and oxygen atoms in total. The number of aromatic amines is 1. The van der Waals surface area contributed by atoms with Crippen LogP contribution in [0.1, 0.15) is 6.92 Å². The van der Waals surface area contributed by atoms with Crippen molar-refractivity contribution in [2.45, 2.75) is 16.5 Å². The Morgan fingerprint density at radius 1 is 1.29 bits per heavy atom. The predicted molar refractivity (Wildman–Crippen MR) is 105 cm³/mol. The lowest BCUT2D eigenvalue weighted by molar-refractivity contribution is -0.115. The molecule has 0 spiro atoms. The van der Waals surface area contributed by atoms with Crippen LogP contribution in [0.5, 0.6) is 0 Å². The van der Waals surface area contributed by atoms with Crippen LogP contribution in [0.25, 0.3) is 11.2 Å². The van der Waals surface area contributed by atoms with Gasteiger partial charge < -0.3 is 15.6 Å². The molecular weight excluding hydrogens is 403 g/mol. The molecule has 12 heteroatoms. The number of nitrogens with one attached hydrogen (secondary N) is 3. The first-order valence-electron chi connectivity index (χ1n) is 8.06. The molecule has 3 aromatic heterocycles. The Morgan fingerprint density at radius 3 is 3.04 bits per heavy atom. The van der Waals surface area contributed by atoms with Gasteiger partial charge in [-0.25, -0.2) is 19.3 Å². The highest BCUT2D eigenvalue weighted by Crippen LogP contribution is 2.31. The summed E-state index contributed by atoms with van der Waals surface area (Å²) >= 11 is 2.54. The van der Waals surface area contributed by atoms with Gasteiger partial charge in [0.05, 0.1) is 11.6 Å². The Morgan fingerprint density at radius 2 is 2.18 bits per heavy atom. The average Bonchev–Trinajstić information content (AvgIpc) is 3.31. The van der Waals surface area contributed by atoms with Gasteiger partial charge in [-0.2, -0.15) is 0 Å². The summed E-state index contributed by atoms with van der Waals surface area (Å²) in [6.07, 6.45) is 2.83. The highest BCUT2D eigenvalue weighted by molar-refractivity contribution is 8.02. The van der Waals surface area contributed by atoms with Crippen molar-refractivity contribution in [1.29, 1.82) is 0 Å². The number of aromatic nitrogens is 6. The zero-order valence-electron chi connectivity index (χ0n) is 14.4. The summed E-state index contributed by atoms with van der Waals surface area (Å²) in [5.41, 5.74) is 1.61. The molecule has 0 bridgehead atoms. The molecule has 1 atom stereocenters. The highest BCUT2D eigenvalue weighted by Gasteiger charge is 2.19. The quantitative estimate of drug-likeness (QED) is 0.410. The molecule has 3 heterocycles. The third-order valence-corrected chi connectivity index (χ3v) is 5.62. The lowest BCUT2D eigenvalue weighted by atomic mass is 10.3. The van der Waals surface area contributed by atoms with Gasteiger partial charge in [0.2, 0.25) is 11.0 Å². The SMILES string of the molecule is CC(Sc1nnc(Nc2cccc(F)c2)s1)C(=O)Nc1ncnc2nc[nH]c12. The second kappa shape index (κ2) is 7.86. The Kier molecular flexibility index (Phi) is 5.12. The molecule has 1 amide bonds. The van der Waals surface area contributed by atoms with Crippen LogP contribution < -0.4 is 10.6 Å². The molecular formula is C16H13FN8OS2. The summed E-state index contributed by atoms with van der Waals surface area (Å²) in [6.45, 7) is 1.76. The van der Waals surface area contributed by atoms with Crippen LogP contribution in [0.15, 0.2) is 41.3 Å². The van der Waals surface area contributed by atoms with Gasteiger partial charge in [-0.15, -0.1) is 10.2 Å². The molecule has 0 aliphatic carbocycles. The summed E-state index contributed by atoms with van der Waals surface area (Å²) in [4.78, 5) is 27.5. The Hall–Kier alpha value is -3.12. The van der Waals surface area contributed by atoms with Crippen LogP contribution in [-0.2, 0) is 4.79 Å². The van der Waals surface area contributed by atoms with Gasteiger partial charge in [-0.1, -0.05) is 29.2 Å². The molecule has 1 unspecified atom stereocenters. The van der Waals surface area contributed by atoms with Crippen molar-refractivity contribution in [3.63, 3.8) is 0 Å². The molecule has 0 radical (unpaired) electrons. The normalized spacial score (nSPS) is 12.1. The average molecular weight is 416 g/mol. The first kappa shape index (κ1) is 18.3. The van der Waals surface area contributed by atoms with E-state index in [1.54, 1.807) is 19.1 Å². The van der Waals surface area contributed by atoms with Gasteiger partial charge >= 0.3 is 0 Å². The second-order valence-corrected chi connectivity index (χ2v) is 8.15. The molecule has 0 aliphatic rings. The van der Waals surface area contributed by atoms with Crippen LogP contribution in [-0.4, -0.2) is 41.3 Å². The number of benzene rings is 1. The second-order valence-electron chi connectivity index (χ2n) is 5.58. The zero-order valence-corrected chi connectivity index (χ0v) is 16.0. The monoisotopic (exact) mass is 416 g/mol. The Balaban J connectivity index is 1.39. The van der Waals surface area contributed by atoms with Crippen molar-refractivity contribution in [1.82, 2.24) is 30.1 Å². The van der Waals surface area contributed by atoms with Gasteiger partial charge in [0.1, 0.15) is 17.7 Å². The van der Waals surface area contributed by atoms with Gasteiger partial charge in [0, 0.05) is 5.69 Å². The van der Waals surface area contributed by atoms with E-state index in [4.69, 9.17) is 0 Å². The van der Waals surface area contributed by atoms with Crippen LogP contribution in [0.3, 0.4) is 0 Å². The van der Waals surface area contributed by atoms with E-state index >= 15 is 0 Å². The number of carbonyl (C=O) groups excluding carboxylic acids is 1. The number of rotatable bonds is 6. The summed E-state index contributed by atoms with van der Waals surface area (Å²) in [7, 11) is 0.